The summed E-state index contributed by atoms with van der Waals surface area (Å²) in [7, 11) is 0. The van der Waals surface area contributed by atoms with E-state index in [-0.39, 0.29) is 10.5 Å². The minimum absolute atomic E-state index is 0.178. The van der Waals surface area contributed by atoms with Gasteiger partial charge in [-0.3, -0.25) is 4.79 Å². The van der Waals surface area contributed by atoms with Crippen molar-refractivity contribution >= 4 is 16.9 Å². The normalized spacial score (nSPS) is 36.0. The number of unbranched alkanes of at least 4 members (excludes halogenated alkanes) is 1. The summed E-state index contributed by atoms with van der Waals surface area (Å²) in [5, 5.41) is 31.5. The molecule has 4 fully saturated rings. The summed E-state index contributed by atoms with van der Waals surface area (Å²) in [6, 6.07) is 0. The minimum Gasteiger partial charge on any atom is -0.388 e. The summed E-state index contributed by atoms with van der Waals surface area (Å²) < 4.78 is 0. The van der Waals surface area contributed by atoms with Crippen molar-refractivity contribution in [2.75, 3.05) is 5.75 Å². The van der Waals surface area contributed by atoms with E-state index in [1.165, 1.54) is 43.0 Å². The van der Waals surface area contributed by atoms with Gasteiger partial charge in [0, 0.05) is 5.75 Å². The van der Waals surface area contributed by atoms with Gasteiger partial charge in [-0.2, -0.15) is 0 Å². The number of aliphatic hydroxyl groups is 3. The SMILES string of the molecule is C=C1[C@H](O)CC(=C/C=C2\CCC[C@]3(C)[C@@H]([C@@H](C)/C=C/[C@H](O)C4(C(=O)SCCCC)CC4)CC[C@@H]23)C[C@H]1O. The van der Waals surface area contributed by atoms with Crippen molar-refractivity contribution in [3.63, 3.8) is 0 Å². The molecule has 0 aromatic rings. The van der Waals surface area contributed by atoms with E-state index in [4.69, 9.17) is 0 Å². The first kappa shape index (κ1) is 28.9. The molecule has 0 aromatic heterocycles. The molecule has 0 aromatic carbocycles. The largest absolute Gasteiger partial charge is 0.388 e. The van der Waals surface area contributed by atoms with Gasteiger partial charge in [-0.1, -0.05) is 81.0 Å². The Labute approximate surface area is 228 Å². The van der Waals surface area contributed by atoms with Crippen molar-refractivity contribution in [3.8, 4) is 0 Å². The second-order valence-corrected chi connectivity index (χ2v) is 13.6. The van der Waals surface area contributed by atoms with Crippen molar-refractivity contribution in [2.24, 2.45) is 28.6 Å². The highest BCUT2D eigenvalue weighted by Gasteiger charge is 2.54. The summed E-state index contributed by atoms with van der Waals surface area (Å²) in [6.45, 7) is 10.7. The lowest BCUT2D eigenvalue weighted by Crippen LogP contribution is -2.35. The molecule has 4 rings (SSSR count). The van der Waals surface area contributed by atoms with Crippen LogP contribution in [-0.2, 0) is 4.79 Å². The van der Waals surface area contributed by atoms with Crippen molar-refractivity contribution in [1.82, 2.24) is 0 Å². The van der Waals surface area contributed by atoms with E-state index in [9.17, 15) is 20.1 Å². The van der Waals surface area contributed by atoms with Crippen LogP contribution < -0.4 is 0 Å². The van der Waals surface area contributed by atoms with Gasteiger partial charge in [0.25, 0.3) is 0 Å². The van der Waals surface area contributed by atoms with Crippen molar-refractivity contribution in [3.05, 3.63) is 47.6 Å². The third-order valence-electron chi connectivity index (χ3n) is 10.1. The number of thioether (sulfide) groups is 1. The Morgan fingerprint density at radius 1 is 1.14 bits per heavy atom. The molecule has 4 aliphatic rings. The molecule has 4 aliphatic carbocycles. The van der Waals surface area contributed by atoms with Gasteiger partial charge in [0.1, 0.15) is 0 Å². The lowest BCUT2D eigenvalue weighted by Gasteiger charge is -2.44. The molecule has 7 atom stereocenters. The molecule has 0 saturated heterocycles. The van der Waals surface area contributed by atoms with E-state index in [1.54, 1.807) is 0 Å². The van der Waals surface area contributed by atoms with Crippen LogP contribution in [0, 0.1) is 28.6 Å². The minimum atomic E-state index is -0.674. The van der Waals surface area contributed by atoms with Gasteiger partial charge in [-0.15, -0.1) is 0 Å². The zero-order valence-corrected chi connectivity index (χ0v) is 23.9. The fraction of sp³-hybridized carbons (Fsp3) is 0.719. The summed E-state index contributed by atoms with van der Waals surface area (Å²) in [5.41, 5.74) is 2.84. The second-order valence-electron chi connectivity index (χ2n) is 12.5. The third kappa shape index (κ3) is 6.05. The smallest absolute Gasteiger partial charge is 0.198 e. The number of rotatable bonds is 9. The molecule has 0 bridgehead atoms. The van der Waals surface area contributed by atoms with Crippen LogP contribution in [0.3, 0.4) is 0 Å². The van der Waals surface area contributed by atoms with E-state index in [0.717, 1.165) is 43.4 Å². The molecule has 206 valence electrons. The Hall–Kier alpha value is -1.14. The Kier molecular flexibility index (Phi) is 9.31. The molecule has 3 N–H and O–H groups in total. The Bertz CT molecular complexity index is 928. The highest BCUT2D eigenvalue weighted by atomic mass is 32.2. The fourth-order valence-electron chi connectivity index (χ4n) is 7.38. The van der Waals surface area contributed by atoms with E-state index in [1.807, 2.05) is 6.08 Å². The summed E-state index contributed by atoms with van der Waals surface area (Å²) >= 11 is 1.41. The predicted molar refractivity (Wildman–Crippen MR) is 153 cm³/mol. The number of allylic oxidation sites excluding steroid dienone is 4. The lowest BCUT2D eigenvalue weighted by atomic mass is 9.61. The molecule has 0 radical (unpaired) electrons. The molecule has 5 heteroatoms. The summed E-state index contributed by atoms with van der Waals surface area (Å²) in [6.07, 6.45) is 17.4. The summed E-state index contributed by atoms with van der Waals surface area (Å²) in [4.78, 5) is 12.8. The number of fused-ring (bicyclic) bond motifs is 1. The van der Waals surface area contributed by atoms with Crippen LogP contribution in [0.2, 0.25) is 0 Å². The van der Waals surface area contributed by atoms with Crippen molar-refractivity contribution < 1.29 is 20.1 Å². The van der Waals surface area contributed by atoms with Crippen molar-refractivity contribution in [1.29, 1.82) is 0 Å². The fourth-order valence-corrected chi connectivity index (χ4v) is 8.61. The average molecular weight is 529 g/mol. The van der Waals surface area contributed by atoms with Gasteiger partial charge < -0.3 is 15.3 Å². The van der Waals surface area contributed by atoms with E-state index in [2.05, 4.69) is 45.6 Å². The summed E-state index contributed by atoms with van der Waals surface area (Å²) in [5.74, 6) is 2.33. The molecule has 0 unspecified atom stereocenters. The molecular weight excluding hydrogens is 480 g/mol. The second kappa shape index (κ2) is 11.9. The number of aliphatic hydroxyl groups excluding tert-OH is 3. The van der Waals surface area contributed by atoms with Gasteiger partial charge >= 0.3 is 0 Å². The first-order valence-electron chi connectivity index (χ1n) is 14.6. The number of carbonyl (C=O) groups is 1. The lowest BCUT2D eigenvalue weighted by molar-refractivity contribution is -0.118. The predicted octanol–water partition coefficient (Wildman–Crippen LogP) is 6.52. The van der Waals surface area contributed by atoms with Crippen LogP contribution in [0.5, 0.6) is 0 Å². The average Bonchev–Trinajstić information content (AvgIpc) is 3.60. The van der Waals surface area contributed by atoms with Crippen LogP contribution in [0.15, 0.2) is 47.6 Å². The molecule has 0 amide bonds. The van der Waals surface area contributed by atoms with Gasteiger partial charge in [0.05, 0.1) is 23.7 Å². The van der Waals surface area contributed by atoms with Crippen molar-refractivity contribution in [2.45, 2.75) is 110 Å². The standard InChI is InChI=1S/C32H48O4S/c1-5-6-18-37-30(36)32(16-17-32)29(35)14-9-21(2)25-12-13-26-24(8-7-15-31(25,26)4)11-10-23-19-27(33)22(3)28(34)20-23/h9-11,14,21,25-29,33-35H,3,5-8,12-13,15-20H2,1-2,4H3/b14-9+,24-11+/t21-,25+,26-,27+,28+,29-,31+/m0/s1. The van der Waals surface area contributed by atoms with Crippen LogP contribution in [0.1, 0.15) is 91.4 Å². The molecule has 0 aliphatic heterocycles. The maximum Gasteiger partial charge on any atom is 0.198 e. The Balaban J connectivity index is 1.40. The quantitative estimate of drug-likeness (QED) is 0.235. The van der Waals surface area contributed by atoms with Gasteiger partial charge in [-0.05, 0) is 93.0 Å². The monoisotopic (exact) mass is 528 g/mol. The first-order chi connectivity index (χ1) is 17.6. The topological polar surface area (TPSA) is 77.8 Å². The number of hydrogen-bond donors (Lipinski definition) is 3. The maximum absolute atomic E-state index is 12.8. The molecule has 37 heavy (non-hydrogen) atoms. The van der Waals surface area contributed by atoms with E-state index < -0.39 is 23.7 Å². The van der Waals surface area contributed by atoms with E-state index in [0.29, 0.717) is 36.2 Å². The first-order valence-corrected chi connectivity index (χ1v) is 15.6. The Morgan fingerprint density at radius 3 is 2.49 bits per heavy atom. The van der Waals surface area contributed by atoms with Crippen LogP contribution in [0.4, 0.5) is 0 Å². The maximum atomic E-state index is 12.8. The zero-order chi connectivity index (χ0) is 26.8. The highest BCUT2D eigenvalue weighted by molar-refractivity contribution is 8.13. The van der Waals surface area contributed by atoms with Crippen LogP contribution in [-0.4, -0.2) is 44.5 Å². The number of hydrogen-bond acceptors (Lipinski definition) is 5. The zero-order valence-electron chi connectivity index (χ0n) is 23.1. The Morgan fingerprint density at radius 2 is 1.84 bits per heavy atom. The molecule has 0 spiro atoms. The molecule has 4 saturated carbocycles. The van der Waals surface area contributed by atoms with Gasteiger partial charge in [0.2, 0.25) is 0 Å². The van der Waals surface area contributed by atoms with Crippen LogP contribution in [0.25, 0.3) is 0 Å². The number of carbonyl (C=O) groups excluding carboxylic acids is 1. The van der Waals surface area contributed by atoms with Gasteiger partial charge in [-0.25, -0.2) is 0 Å². The third-order valence-corrected chi connectivity index (χ3v) is 11.2. The molecular formula is C32H48O4S. The van der Waals surface area contributed by atoms with Crippen LogP contribution >= 0.6 is 11.8 Å². The van der Waals surface area contributed by atoms with Gasteiger partial charge in [0.15, 0.2) is 5.12 Å². The molecule has 0 heterocycles. The van der Waals surface area contributed by atoms with E-state index >= 15 is 0 Å². The molecule has 4 nitrogen and oxygen atoms in total. The highest BCUT2D eigenvalue weighted by Crippen LogP contribution is 2.60.